The van der Waals surface area contributed by atoms with Crippen LogP contribution >= 0.6 is 0 Å². The van der Waals surface area contributed by atoms with Gasteiger partial charge in [-0.3, -0.25) is 4.99 Å². The van der Waals surface area contributed by atoms with Crippen LogP contribution in [-0.2, 0) is 16.4 Å². The highest BCUT2D eigenvalue weighted by atomic mass is 32.2. The standard InChI is InChI=1S/C18H29N5O2S/c1-19-18(22-16-8-11-26(24,25)14-16)21-13-15-6-7-17(20-12-15)23-9-4-2-3-5-10-23/h6-7,12,16H,2-5,8-11,13-14H2,1H3,(H2,19,21,22). The van der Waals surface area contributed by atoms with Gasteiger partial charge in [-0.15, -0.1) is 0 Å². The van der Waals surface area contributed by atoms with Crippen LogP contribution in [-0.4, -0.2) is 57.0 Å². The molecule has 0 spiro atoms. The van der Waals surface area contributed by atoms with Gasteiger partial charge in [0, 0.05) is 38.9 Å². The molecule has 1 atom stereocenters. The fourth-order valence-corrected chi connectivity index (χ4v) is 5.16. The zero-order valence-electron chi connectivity index (χ0n) is 15.4. The van der Waals surface area contributed by atoms with Crippen molar-refractivity contribution >= 4 is 21.6 Å². The quantitative estimate of drug-likeness (QED) is 0.606. The fourth-order valence-electron chi connectivity index (χ4n) is 3.49. The number of hydrogen-bond donors (Lipinski definition) is 2. The molecule has 0 amide bonds. The summed E-state index contributed by atoms with van der Waals surface area (Å²) in [7, 11) is -1.20. The first-order valence-electron chi connectivity index (χ1n) is 9.43. The predicted molar refractivity (Wildman–Crippen MR) is 105 cm³/mol. The summed E-state index contributed by atoms with van der Waals surface area (Å²) in [5.41, 5.74) is 1.07. The van der Waals surface area contributed by atoms with Crippen molar-refractivity contribution in [2.75, 3.05) is 36.5 Å². The molecule has 2 N–H and O–H groups in total. The number of rotatable bonds is 4. The van der Waals surface area contributed by atoms with E-state index in [0.29, 0.717) is 18.9 Å². The molecule has 0 bridgehead atoms. The number of hydrogen-bond acceptors (Lipinski definition) is 5. The van der Waals surface area contributed by atoms with E-state index in [0.717, 1.165) is 24.5 Å². The third-order valence-electron chi connectivity index (χ3n) is 5.00. The van der Waals surface area contributed by atoms with Gasteiger partial charge in [0.15, 0.2) is 15.8 Å². The molecular weight excluding hydrogens is 350 g/mol. The van der Waals surface area contributed by atoms with Gasteiger partial charge in [-0.2, -0.15) is 0 Å². The third kappa shape index (κ3) is 5.33. The van der Waals surface area contributed by atoms with Crippen molar-refractivity contribution in [1.82, 2.24) is 15.6 Å². The first-order chi connectivity index (χ1) is 12.6. The van der Waals surface area contributed by atoms with Crippen LogP contribution in [0.3, 0.4) is 0 Å². The Bertz CT molecular complexity index is 710. The maximum absolute atomic E-state index is 11.6. The van der Waals surface area contributed by atoms with Gasteiger partial charge in [0.2, 0.25) is 0 Å². The maximum atomic E-state index is 11.6. The van der Waals surface area contributed by atoms with Gasteiger partial charge in [-0.1, -0.05) is 18.9 Å². The van der Waals surface area contributed by atoms with Gasteiger partial charge in [-0.05, 0) is 30.9 Å². The van der Waals surface area contributed by atoms with E-state index in [4.69, 9.17) is 0 Å². The van der Waals surface area contributed by atoms with Crippen LogP contribution in [0.4, 0.5) is 5.82 Å². The minimum absolute atomic E-state index is 0.0604. The highest BCUT2D eigenvalue weighted by molar-refractivity contribution is 7.91. The molecule has 0 radical (unpaired) electrons. The van der Waals surface area contributed by atoms with Crippen LogP contribution in [0.1, 0.15) is 37.7 Å². The van der Waals surface area contributed by atoms with E-state index in [-0.39, 0.29) is 17.5 Å². The molecule has 144 valence electrons. The van der Waals surface area contributed by atoms with Crippen LogP contribution in [0.15, 0.2) is 23.3 Å². The van der Waals surface area contributed by atoms with Gasteiger partial charge >= 0.3 is 0 Å². The SMILES string of the molecule is CN=C(NCc1ccc(N2CCCCCC2)nc1)NC1CCS(=O)(=O)C1. The number of pyridine rings is 1. The van der Waals surface area contributed by atoms with E-state index in [1.54, 1.807) is 7.05 Å². The normalized spacial score (nSPS) is 23.5. The van der Waals surface area contributed by atoms with Crippen LogP contribution in [0, 0.1) is 0 Å². The second kappa shape index (κ2) is 8.70. The summed E-state index contributed by atoms with van der Waals surface area (Å²) < 4.78 is 23.1. The van der Waals surface area contributed by atoms with Crippen LogP contribution < -0.4 is 15.5 Å². The lowest BCUT2D eigenvalue weighted by molar-refractivity contribution is 0.599. The number of sulfone groups is 1. The summed E-state index contributed by atoms with van der Waals surface area (Å²) in [6, 6.07) is 4.12. The molecule has 1 aromatic heterocycles. The Morgan fingerprint density at radius 2 is 2.04 bits per heavy atom. The lowest BCUT2D eigenvalue weighted by atomic mass is 10.2. The molecule has 1 unspecified atom stereocenters. The van der Waals surface area contributed by atoms with E-state index < -0.39 is 9.84 Å². The number of aromatic nitrogens is 1. The van der Waals surface area contributed by atoms with Crippen molar-refractivity contribution in [2.45, 2.75) is 44.7 Å². The number of anilines is 1. The second-order valence-corrected chi connectivity index (χ2v) is 9.32. The Morgan fingerprint density at radius 3 is 2.62 bits per heavy atom. The molecule has 7 nitrogen and oxygen atoms in total. The lowest BCUT2D eigenvalue weighted by Gasteiger charge is -2.21. The highest BCUT2D eigenvalue weighted by Crippen LogP contribution is 2.17. The molecule has 2 saturated heterocycles. The van der Waals surface area contributed by atoms with Gasteiger partial charge < -0.3 is 15.5 Å². The molecule has 1 aromatic rings. The Morgan fingerprint density at radius 1 is 1.27 bits per heavy atom. The molecule has 8 heteroatoms. The van der Waals surface area contributed by atoms with Crippen molar-refractivity contribution < 1.29 is 8.42 Å². The van der Waals surface area contributed by atoms with Crippen LogP contribution in [0.25, 0.3) is 0 Å². The summed E-state index contributed by atoms with van der Waals surface area (Å²) in [6.07, 6.45) is 7.64. The zero-order chi connectivity index (χ0) is 18.4. The summed E-state index contributed by atoms with van der Waals surface area (Å²) in [6.45, 7) is 2.78. The van der Waals surface area contributed by atoms with Crippen molar-refractivity contribution in [1.29, 1.82) is 0 Å². The Labute approximate surface area is 156 Å². The Kier molecular flexibility index (Phi) is 6.34. The van der Waals surface area contributed by atoms with Crippen LogP contribution in [0.2, 0.25) is 0 Å². The summed E-state index contributed by atoms with van der Waals surface area (Å²) in [4.78, 5) is 11.2. The fraction of sp³-hybridized carbons (Fsp3) is 0.667. The van der Waals surface area contributed by atoms with Crippen molar-refractivity contribution in [3.63, 3.8) is 0 Å². The summed E-state index contributed by atoms with van der Waals surface area (Å²) in [5, 5.41) is 6.43. The first kappa shape index (κ1) is 18.9. The third-order valence-corrected chi connectivity index (χ3v) is 6.76. The molecule has 3 rings (SSSR count). The number of aliphatic imine (C=N–C) groups is 1. The van der Waals surface area contributed by atoms with E-state index in [9.17, 15) is 8.42 Å². The largest absolute Gasteiger partial charge is 0.357 e. The predicted octanol–water partition coefficient (Wildman–Crippen LogP) is 1.31. The molecule has 0 aromatic carbocycles. The number of guanidine groups is 1. The molecular formula is C18H29N5O2S. The molecule has 2 aliphatic heterocycles. The Balaban J connectivity index is 1.50. The molecule has 2 aliphatic rings. The van der Waals surface area contributed by atoms with E-state index in [1.807, 2.05) is 6.20 Å². The van der Waals surface area contributed by atoms with Gasteiger partial charge in [-0.25, -0.2) is 13.4 Å². The van der Waals surface area contributed by atoms with E-state index >= 15 is 0 Å². The smallest absolute Gasteiger partial charge is 0.191 e. The van der Waals surface area contributed by atoms with Crippen molar-refractivity contribution in [3.8, 4) is 0 Å². The molecule has 3 heterocycles. The average Bonchev–Trinajstić information content (AvgIpc) is 2.84. The summed E-state index contributed by atoms with van der Waals surface area (Å²) in [5.74, 6) is 2.11. The Hall–Kier alpha value is -1.83. The molecule has 0 aliphatic carbocycles. The topological polar surface area (TPSA) is 86.7 Å². The van der Waals surface area contributed by atoms with Gasteiger partial charge in [0.25, 0.3) is 0 Å². The minimum atomic E-state index is -2.89. The highest BCUT2D eigenvalue weighted by Gasteiger charge is 2.28. The number of nitrogens with one attached hydrogen (secondary N) is 2. The van der Waals surface area contributed by atoms with E-state index in [1.165, 1.54) is 25.7 Å². The molecule has 0 saturated carbocycles. The molecule has 26 heavy (non-hydrogen) atoms. The summed E-state index contributed by atoms with van der Waals surface area (Å²) >= 11 is 0. The van der Waals surface area contributed by atoms with Crippen LogP contribution in [0.5, 0.6) is 0 Å². The molecule has 2 fully saturated rings. The number of nitrogens with zero attached hydrogens (tertiary/aromatic N) is 3. The maximum Gasteiger partial charge on any atom is 0.191 e. The van der Waals surface area contributed by atoms with Gasteiger partial charge in [0.05, 0.1) is 11.5 Å². The van der Waals surface area contributed by atoms with Crippen molar-refractivity contribution in [3.05, 3.63) is 23.9 Å². The first-order valence-corrected chi connectivity index (χ1v) is 11.3. The van der Waals surface area contributed by atoms with Gasteiger partial charge in [0.1, 0.15) is 5.82 Å². The second-order valence-electron chi connectivity index (χ2n) is 7.10. The minimum Gasteiger partial charge on any atom is -0.357 e. The zero-order valence-corrected chi connectivity index (χ0v) is 16.3. The average molecular weight is 380 g/mol. The van der Waals surface area contributed by atoms with E-state index in [2.05, 4.69) is 37.6 Å². The lowest BCUT2D eigenvalue weighted by Crippen LogP contribution is -2.43. The monoisotopic (exact) mass is 379 g/mol. The van der Waals surface area contributed by atoms with Crippen molar-refractivity contribution in [2.24, 2.45) is 4.99 Å².